The molecule has 0 aliphatic heterocycles. The average molecular weight is 235 g/mol. The van der Waals surface area contributed by atoms with Crippen molar-refractivity contribution in [3.63, 3.8) is 0 Å². The van der Waals surface area contributed by atoms with Crippen LogP contribution in [0.3, 0.4) is 0 Å². The highest BCUT2D eigenvalue weighted by Crippen LogP contribution is 2.18. The van der Waals surface area contributed by atoms with Crippen LogP contribution in [0.5, 0.6) is 0 Å². The molecule has 16 heavy (non-hydrogen) atoms. The molecule has 2 rings (SSSR count). The van der Waals surface area contributed by atoms with Crippen molar-refractivity contribution in [3.8, 4) is 5.69 Å². The number of hydrogen-bond donors (Lipinski definition) is 2. The van der Waals surface area contributed by atoms with E-state index in [1.54, 1.807) is 4.57 Å². The van der Waals surface area contributed by atoms with Gasteiger partial charge in [-0.25, -0.2) is 5.10 Å². The second-order valence-corrected chi connectivity index (χ2v) is 4.02. The van der Waals surface area contributed by atoms with Crippen LogP contribution < -0.4 is 10.6 Å². The van der Waals surface area contributed by atoms with Crippen LogP contribution in [0, 0.1) is 4.77 Å². The lowest BCUT2D eigenvalue weighted by Crippen LogP contribution is -2.09. The first-order valence-electron chi connectivity index (χ1n) is 4.80. The maximum atomic E-state index is 5.74. The molecule has 0 amide bonds. The van der Waals surface area contributed by atoms with Gasteiger partial charge in [0.25, 0.3) is 0 Å². The van der Waals surface area contributed by atoms with Crippen LogP contribution in [0.1, 0.15) is 0 Å². The minimum absolute atomic E-state index is 0.362. The average Bonchev–Trinajstić information content (AvgIpc) is 2.59. The van der Waals surface area contributed by atoms with Crippen LogP contribution in [-0.4, -0.2) is 28.9 Å². The molecule has 5 nitrogen and oxygen atoms in total. The molecule has 0 radical (unpaired) electrons. The molecule has 0 aliphatic rings. The third-order valence-electron chi connectivity index (χ3n) is 2.30. The first-order valence-corrected chi connectivity index (χ1v) is 5.21. The topological polar surface area (TPSA) is 62.9 Å². The van der Waals surface area contributed by atoms with Crippen LogP contribution >= 0.6 is 12.2 Å². The Labute approximate surface area is 98.5 Å². The Kier molecular flexibility index (Phi) is 2.66. The van der Waals surface area contributed by atoms with Crippen LogP contribution in [0.2, 0.25) is 0 Å². The monoisotopic (exact) mass is 235 g/mol. The number of nitrogens with one attached hydrogen (secondary N) is 1. The van der Waals surface area contributed by atoms with Gasteiger partial charge in [-0.05, 0) is 30.4 Å². The van der Waals surface area contributed by atoms with E-state index in [2.05, 4.69) is 10.2 Å². The molecular formula is C10H13N5S. The van der Waals surface area contributed by atoms with E-state index in [1.807, 2.05) is 43.3 Å². The fourth-order valence-corrected chi connectivity index (χ4v) is 1.71. The van der Waals surface area contributed by atoms with Crippen molar-refractivity contribution in [1.82, 2.24) is 14.8 Å². The van der Waals surface area contributed by atoms with Gasteiger partial charge in [0.15, 0.2) is 0 Å². The van der Waals surface area contributed by atoms with Crippen LogP contribution in [-0.2, 0) is 0 Å². The summed E-state index contributed by atoms with van der Waals surface area (Å²) in [4.78, 5) is 2.02. The van der Waals surface area contributed by atoms with Crippen molar-refractivity contribution in [2.24, 2.45) is 0 Å². The third kappa shape index (κ3) is 1.79. The molecule has 1 aromatic heterocycles. The highest BCUT2D eigenvalue weighted by atomic mass is 32.1. The molecule has 1 heterocycles. The van der Waals surface area contributed by atoms with Crippen LogP contribution in [0.15, 0.2) is 24.3 Å². The summed E-state index contributed by atoms with van der Waals surface area (Å²) in [5.41, 5.74) is 7.73. The Hall–Kier alpha value is -1.82. The highest BCUT2D eigenvalue weighted by Gasteiger charge is 2.05. The minimum Gasteiger partial charge on any atom is -0.378 e. The smallest absolute Gasteiger partial charge is 0.225 e. The Morgan fingerprint density at radius 2 is 2.19 bits per heavy atom. The summed E-state index contributed by atoms with van der Waals surface area (Å²) in [5, 5.41) is 6.54. The Bertz CT molecular complexity index is 554. The highest BCUT2D eigenvalue weighted by molar-refractivity contribution is 7.71. The van der Waals surface area contributed by atoms with E-state index < -0.39 is 0 Å². The molecule has 0 spiro atoms. The lowest BCUT2D eigenvalue weighted by molar-refractivity contribution is 1.03. The summed E-state index contributed by atoms with van der Waals surface area (Å²) in [6, 6.07) is 7.92. The van der Waals surface area contributed by atoms with Gasteiger partial charge in [0, 0.05) is 19.8 Å². The van der Waals surface area contributed by atoms with E-state index in [0.29, 0.717) is 10.7 Å². The van der Waals surface area contributed by atoms with Gasteiger partial charge in [-0.2, -0.15) is 0 Å². The van der Waals surface area contributed by atoms with Gasteiger partial charge < -0.3 is 10.6 Å². The predicted molar refractivity (Wildman–Crippen MR) is 67.5 cm³/mol. The molecule has 3 N–H and O–H groups in total. The number of nitrogens with zero attached hydrogens (tertiary/aromatic N) is 3. The molecular weight excluding hydrogens is 222 g/mol. The van der Waals surface area contributed by atoms with E-state index in [-0.39, 0.29) is 0 Å². The zero-order valence-corrected chi connectivity index (χ0v) is 9.95. The van der Waals surface area contributed by atoms with Gasteiger partial charge in [-0.1, -0.05) is 6.07 Å². The maximum Gasteiger partial charge on any atom is 0.225 e. The van der Waals surface area contributed by atoms with E-state index in [9.17, 15) is 0 Å². The Morgan fingerprint density at radius 3 is 2.75 bits per heavy atom. The van der Waals surface area contributed by atoms with E-state index in [1.165, 1.54) is 0 Å². The predicted octanol–water partition coefficient (Wildman–Crippen LogP) is 1.58. The second kappa shape index (κ2) is 3.97. The molecule has 0 fully saturated rings. The zero-order valence-electron chi connectivity index (χ0n) is 9.14. The van der Waals surface area contributed by atoms with Crippen molar-refractivity contribution in [2.45, 2.75) is 0 Å². The molecule has 0 bridgehead atoms. The molecule has 6 heteroatoms. The quantitative estimate of drug-likeness (QED) is 0.776. The van der Waals surface area contributed by atoms with Gasteiger partial charge in [-0.3, -0.25) is 4.57 Å². The summed E-state index contributed by atoms with van der Waals surface area (Å²) in [7, 11) is 3.97. The standard InChI is InChI=1S/C10H13N5S/c1-14(2)7-4-3-5-8(6-7)15-9(11)12-13-10(15)16/h3-6H,1-2H3,(H2,11,12)(H,13,16). The lowest BCUT2D eigenvalue weighted by atomic mass is 10.2. The SMILES string of the molecule is CN(C)c1cccc(-n2c(N)n[nH]c2=S)c1. The van der Waals surface area contributed by atoms with Crippen molar-refractivity contribution >= 4 is 23.9 Å². The molecule has 84 valence electrons. The number of aromatic nitrogens is 3. The van der Waals surface area contributed by atoms with Crippen molar-refractivity contribution < 1.29 is 0 Å². The molecule has 1 aromatic carbocycles. The van der Waals surface area contributed by atoms with Gasteiger partial charge in [-0.15, -0.1) is 5.10 Å². The summed E-state index contributed by atoms with van der Waals surface area (Å²) in [5.74, 6) is 0.362. The van der Waals surface area contributed by atoms with Crippen LogP contribution in [0.4, 0.5) is 11.6 Å². The van der Waals surface area contributed by atoms with Crippen molar-refractivity contribution in [3.05, 3.63) is 29.0 Å². The Morgan fingerprint density at radius 1 is 1.44 bits per heavy atom. The number of benzene rings is 1. The number of aromatic amines is 1. The fourth-order valence-electron chi connectivity index (χ4n) is 1.47. The molecule has 0 atom stereocenters. The van der Waals surface area contributed by atoms with E-state index in [4.69, 9.17) is 18.0 Å². The first kappa shape index (κ1) is 10.7. The Balaban J connectivity index is 2.57. The third-order valence-corrected chi connectivity index (χ3v) is 2.58. The number of H-pyrrole nitrogens is 1. The zero-order chi connectivity index (χ0) is 11.7. The molecule has 0 aliphatic carbocycles. The summed E-state index contributed by atoms with van der Waals surface area (Å²) < 4.78 is 2.19. The largest absolute Gasteiger partial charge is 0.378 e. The van der Waals surface area contributed by atoms with E-state index in [0.717, 1.165) is 11.4 Å². The van der Waals surface area contributed by atoms with Crippen molar-refractivity contribution in [2.75, 3.05) is 24.7 Å². The fraction of sp³-hybridized carbons (Fsp3) is 0.200. The molecule has 0 saturated carbocycles. The normalized spacial score (nSPS) is 10.4. The van der Waals surface area contributed by atoms with E-state index >= 15 is 0 Å². The molecule has 0 unspecified atom stereocenters. The van der Waals surface area contributed by atoms with Gasteiger partial charge >= 0.3 is 0 Å². The summed E-state index contributed by atoms with van der Waals surface area (Å²) in [6.07, 6.45) is 0. The number of nitrogens with two attached hydrogens (primary N) is 1. The number of nitrogen functional groups attached to an aromatic ring is 1. The minimum atomic E-state index is 0.362. The second-order valence-electron chi connectivity index (χ2n) is 3.64. The van der Waals surface area contributed by atoms with Gasteiger partial charge in [0.05, 0.1) is 5.69 Å². The lowest BCUT2D eigenvalue weighted by Gasteiger charge is -2.13. The maximum absolute atomic E-state index is 5.74. The first-order chi connectivity index (χ1) is 7.59. The molecule has 0 saturated heterocycles. The number of rotatable bonds is 2. The number of hydrogen-bond acceptors (Lipinski definition) is 4. The van der Waals surface area contributed by atoms with Gasteiger partial charge in [0.1, 0.15) is 0 Å². The summed E-state index contributed by atoms with van der Waals surface area (Å²) >= 11 is 5.12. The summed E-state index contributed by atoms with van der Waals surface area (Å²) in [6.45, 7) is 0. The molecule has 2 aromatic rings. The van der Waals surface area contributed by atoms with Crippen LogP contribution in [0.25, 0.3) is 5.69 Å². The van der Waals surface area contributed by atoms with Crippen molar-refractivity contribution in [1.29, 1.82) is 0 Å². The number of anilines is 2. The van der Waals surface area contributed by atoms with Gasteiger partial charge in [0.2, 0.25) is 10.7 Å².